The Morgan fingerprint density at radius 2 is 2.06 bits per heavy atom. The molecule has 0 aliphatic carbocycles. The highest BCUT2D eigenvalue weighted by Gasteiger charge is 2.14. The first-order valence-corrected chi connectivity index (χ1v) is 4.88. The number of nitrogens with one attached hydrogen (secondary N) is 1. The first kappa shape index (κ1) is 10.5. The van der Waals surface area contributed by atoms with Crippen LogP contribution in [0.15, 0.2) is 21.1 Å². The van der Waals surface area contributed by atoms with E-state index in [0.29, 0.717) is 11.6 Å². The van der Waals surface area contributed by atoms with E-state index in [2.05, 4.69) is 10.5 Å². The van der Waals surface area contributed by atoms with Crippen molar-refractivity contribution in [2.75, 3.05) is 5.32 Å². The van der Waals surface area contributed by atoms with Crippen molar-refractivity contribution in [3.05, 3.63) is 35.0 Å². The van der Waals surface area contributed by atoms with Gasteiger partial charge in [0.25, 0.3) is 5.91 Å². The fraction of sp³-hybridized carbons (Fsp3) is 0.273. The molecule has 5 heteroatoms. The van der Waals surface area contributed by atoms with Gasteiger partial charge in [0.15, 0.2) is 11.6 Å². The molecule has 0 fully saturated rings. The lowest BCUT2D eigenvalue weighted by Gasteiger charge is -1.96. The molecular formula is C11H12N2O3. The van der Waals surface area contributed by atoms with E-state index in [-0.39, 0.29) is 11.7 Å². The Labute approximate surface area is 92.4 Å². The Morgan fingerprint density at radius 1 is 1.31 bits per heavy atom. The highest BCUT2D eigenvalue weighted by atomic mass is 16.5. The predicted molar refractivity (Wildman–Crippen MR) is 57.4 cm³/mol. The molecule has 0 unspecified atom stereocenters. The van der Waals surface area contributed by atoms with Gasteiger partial charge in [0.1, 0.15) is 11.5 Å². The molecule has 2 aromatic heterocycles. The van der Waals surface area contributed by atoms with Crippen LogP contribution in [-0.2, 0) is 0 Å². The molecule has 0 saturated carbocycles. The summed E-state index contributed by atoms with van der Waals surface area (Å²) in [7, 11) is 0. The van der Waals surface area contributed by atoms with E-state index >= 15 is 0 Å². The summed E-state index contributed by atoms with van der Waals surface area (Å²) in [5.41, 5.74) is 0.946. The summed E-state index contributed by atoms with van der Waals surface area (Å²) in [6.45, 7) is 5.45. The molecule has 0 radical (unpaired) electrons. The van der Waals surface area contributed by atoms with Gasteiger partial charge in [0.05, 0.1) is 0 Å². The molecule has 2 aromatic rings. The summed E-state index contributed by atoms with van der Waals surface area (Å²) in [5.74, 6) is 1.71. The molecule has 0 spiro atoms. The largest absolute Gasteiger partial charge is 0.456 e. The average Bonchev–Trinajstić information content (AvgIpc) is 2.75. The van der Waals surface area contributed by atoms with Crippen LogP contribution in [0.5, 0.6) is 0 Å². The van der Waals surface area contributed by atoms with E-state index in [9.17, 15) is 4.79 Å². The number of hydrogen-bond acceptors (Lipinski definition) is 4. The molecule has 0 aromatic carbocycles. The van der Waals surface area contributed by atoms with Crippen LogP contribution in [0.3, 0.4) is 0 Å². The van der Waals surface area contributed by atoms with Gasteiger partial charge in [-0.2, -0.15) is 0 Å². The Kier molecular flexibility index (Phi) is 2.52. The number of rotatable bonds is 2. The number of anilines is 1. The van der Waals surface area contributed by atoms with Gasteiger partial charge in [0, 0.05) is 6.07 Å². The quantitative estimate of drug-likeness (QED) is 0.843. The van der Waals surface area contributed by atoms with Crippen LogP contribution in [0.2, 0.25) is 0 Å². The molecule has 1 amide bonds. The molecule has 0 atom stereocenters. The van der Waals surface area contributed by atoms with Crippen molar-refractivity contribution in [1.29, 1.82) is 0 Å². The standard InChI is InChI=1S/C11H12N2O3/c1-6-4-9(15-8(6)3)11(14)12-10-5-7(2)16-13-10/h4-5H,1-3H3,(H,12,13,14). The van der Waals surface area contributed by atoms with Crippen LogP contribution in [0.1, 0.15) is 27.6 Å². The average molecular weight is 220 g/mol. The summed E-state index contributed by atoms with van der Waals surface area (Å²) in [6, 6.07) is 3.33. The molecule has 2 heterocycles. The van der Waals surface area contributed by atoms with Crippen molar-refractivity contribution in [1.82, 2.24) is 5.16 Å². The molecule has 0 aliphatic rings. The van der Waals surface area contributed by atoms with Crippen LogP contribution in [0.25, 0.3) is 0 Å². The highest BCUT2D eigenvalue weighted by Crippen LogP contribution is 2.15. The minimum absolute atomic E-state index is 0.274. The van der Waals surface area contributed by atoms with Crippen molar-refractivity contribution >= 4 is 11.7 Å². The molecular weight excluding hydrogens is 208 g/mol. The van der Waals surface area contributed by atoms with Crippen molar-refractivity contribution in [3.63, 3.8) is 0 Å². The van der Waals surface area contributed by atoms with Gasteiger partial charge >= 0.3 is 0 Å². The zero-order valence-electron chi connectivity index (χ0n) is 9.33. The second kappa shape index (κ2) is 3.84. The maximum atomic E-state index is 11.7. The number of aryl methyl sites for hydroxylation is 3. The molecule has 1 N–H and O–H groups in total. The predicted octanol–water partition coefficient (Wildman–Crippen LogP) is 2.45. The summed E-state index contributed by atoms with van der Waals surface area (Å²) in [5, 5.41) is 6.24. The first-order chi connectivity index (χ1) is 7.56. The van der Waals surface area contributed by atoms with Crippen LogP contribution in [0, 0.1) is 20.8 Å². The maximum absolute atomic E-state index is 11.7. The van der Waals surface area contributed by atoms with Crippen LogP contribution in [-0.4, -0.2) is 11.1 Å². The van der Waals surface area contributed by atoms with E-state index in [1.807, 2.05) is 13.8 Å². The number of hydrogen-bond donors (Lipinski definition) is 1. The minimum Gasteiger partial charge on any atom is -0.456 e. The Hall–Kier alpha value is -2.04. The van der Waals surface area contributed by atoms with Gasteiger partial charge in [-0.3, -0.25) is 4.79 Å². The summed E-state index contributed by atoms with van der Waals surface area (Å²) >= 11 is 0. The lowest BCUT2D eigenvalue weighted by atomic mass is 10.3. The number of furan rings is 1. The van der Waals surface area contributed by atoms with E-state index in [1.54, 1.807) is 19.1 Å². The molecule has 0 saturated heterocycles. The first-order valence-electron chi connectivity index (χ1n) is 4.88. The molecule has 84 valence electrons. The number of aromatic nitrogens is 1. The maximum Gasteiger partial charge on any atom is 0.292 e. The van der Waals surface area contributed by atoms with Gasteiger partial charge in [-0.25, -0.2) is 0 Å². The van der Waals surface area contributed by atoms with Crippen LogP contribution in [0.4, 0.5) is 5.82 Å². The third-order valence-electron chi connectivity index (χ3n) is 2.26. The fourth-order valence-corrected chi connectivity index (χ4v) is 1.29. The van der Waals surface area contributed by atoms with E-state index < -0.39 is 0 Å². The fourth-order valence-electron chi connectivity index (χ4n) is 1.29. The summed E-state index contributed by atoms with van der Waals surface area (Å²) < 4.78 is 10.1. The smallest absolute Gasteiger partial charge is 0.292 e. The van der Waals surface area contributed by atoms with Gasteiger partial charge in [-0.15, -0.1) is 0 Å². The summed E-state index contributed by atoms with van der Waals surface area (Å²) in [4.78, 5) is 11.7. The second-order valence-corrected chi connectivity index (χ2v) is 3.63. The minimum atomic E-state index is -0.329. The van der Waals surface area contributed by atoms with Gasteiger partial charge in [-0.05, 0) is 32.4 Å². The lowest BCUT2D eigenvalue weighted by Crippen LogP contribution is -2.10. The van der Waals surface area contributed by atoms with Crippen molar-refractivity contribution in [3.8, 4) is 0 Å². The third kappa shape index (κ3) is 1.98. The number of carbonyl (C=O) groups is 1. The molecule has 0 bridgehead atoms. The summed E-state index contributed by atoms with van der Waals surface area (Å²) in [6.07, 6.45) is 0. The van der Waals surface area contributed by atoms with Crippen molar-refractivity contribution < 1.29 is 13.7 Å². The number of carbonyl (C=O) groups excluding carboxylic acids is 1. The van der Waals surface area contributed by atoms with E-state index in [4.69, 9.17) is 8.94 Å². The SMILES string of the molecule is Cc1cc(NC(=O)c2cc(C)c(C)o2)no1. The lowest BCUT2D eigenvalue weighted by molar-refractivity contribution is 0.0994. The van der Waals surface area contributed by atoms with Crippen LogP contribution >= 0.6 is 0 Å². The number of amides is 1. The second-order valence-electron chi connectivity index (χ2n) is 3.63. The number of nitrogens with zero attached hydrogens (tertiary/aromatic N) is 1. The molecule has 16 heavy (non-hydrogen) atoms. The normalized spacial score (nSPS) is 10.4. The van der Waals surface area contributed by atoms with E-state index in [1.165, 1.54) is 0 Å². The van der Waals surface area contributed by atoms with Gasteiger partial charge in [0.2, 0.25) is 0 Å². The zero-order chi connectivity index (χ0) is 11.7. The molecule has 2 rings (SSSR count). The van der Waals surface area contributed by atoms with Gasteiger partial charge in [-0.1, -0.05) is 5.16 Å². The monoisotopic (exact) mass is 220 g/mol. The Balaban J connectivity index is 2.14. The Morgan fingerprint density at radius 3 is 2.56 bits per heavy atom. The van der Waals surface area contributed by atoms with Crippen molar-refractivity contribution in [2.45, 2.75) is 20.8 Å². The van der Waals surface area contributed by atoms with Crippen LogP contribution < -0.4 is 5.32 Å². The zero-order valence-corrected chi connectivity index (χ0v) is 9.33. The van der Waals surface area contributed by atoms with E-state index in [0.717, 1.165) is 11.3 Å². The molecule has 0 aliphatic heterocycles. The third-order valence-corrected chi connectivity index (χ3v) is 2.26. The topological polar surface area (TPSA) is 68.3 Å². The van der Waals surface area contributed by atoms with Crippen molar-refractivity contribution in [2.24, 2.45) is 0 Å². The highest BCUT2D eigenvalue weighted by molar-refractivity contribution is 6.01. The molecule has 5 nitrogen and oxygen atoms in total. The Bertz CT molecular complexity index is 506. The van der Waals surface area contributed by atoms with Gasteiger partial charge < -0.3 is 14.3 Å².